The second-order valence-corrected chi connectivity index (χ2v) is 8.63. The highest BCUT2D eigenvalue weighted by Crippen LogP contribution is 2.26. The summed E-state index contributed by atoms with van der Waals surface area (Å²) >= 11 is 3.28. The van der Waals surface area contributed by atoms with Crippen LogP contribution in [0.5, 0.6) is 0 Å². The summed E-state index contributed by atoms with van der Waals surface area (Å²) in [5.41, 5.74) is 0.694. The van der Waals surface area contributed by atoms with E-state index in [1.165, 1.54) is 12.1 Å². The average molecular weight is 437 g/mol. The molecule has 1 atom stereocenters. The van der Waals surface area contributed by atoms with Crippen LogP contribution in [-0.2, 0) is 10.0 Å². The highest BCUT2D eigenvalue weighted by atomic mass is 79.9. The first-order valence-electron chi connectivity index (χ1n) is 7.89. The van der Waals surface area contributed by atoms with Crippen LogP contribution >= 0.6 is 15.9 Å². The fraction of sp³-hybridized carbons (Fsp3) is 0.235. The summed E-state index contributed by atoms with van der Waals surface area (Å²) in [6.07, 6.45) is 3.26. The van der Waals surface area contributed by atoms with Crippen molar-refractivity contribution in [3.63, 3.8) is 0 Å². The van der Waals surface area contributed by atoms with Crippen molar-refractivity contribution in [1.82, 2.24) is 19.8 Å². The van der Waals surface area contributed by atoms with E-state index in [9.17, 15) is 8.42 Å². The van der Waals surface area contributed by atoms with Crippen molar-refractivity contribution in [2.45, 2.75) is 24.8 Å². The molecule has 1 N–H and O–H groups in total. The molecule has 0 saturated heterocycles. The normalized spacial score (nSPS) is 13.1. The Morgan fingerprint density at radius 3 is 2.65 bits per heavy atom. The summed E-state index contributed by atoms with van der Waals surface area (Å²) in [5, 5.41) is 3.94. The topological polar surface area (TPSA) is 98.0 Å². The van der Waals surface area contributed by atoms with Gasteiger partial charge in [0.25, 0.3) is 0 Å². The minimum Gasteiger partial charge on any atom is -0.337 e. The van der Waals surface area contributed by atoms with Gasteiger partial charge in [-0.2, -0.15) is 9.71 Å². The first-order chi connectivity index (χ1) is 12.4. The summed E-state index contributed by atoms with van der Waals surface area (Å²) in [6, 6.07) is 9.40. The van der Waals surface area contributed by atoms with Crippen LogP contribution in [0.2, 0.25) is 0 Å². The zero-order chi connectivity index (χ0) is 18.7. The maximum absolute atomic E-state index is 12.7. The average Bonchev–Trinajstić information content (AvgIpc) is 3.10. The minimum absolute atomic E-state index is 0.0980. The number of rotatable bonds is 6. The Morgan fingerprint density at radius 1 is 1.19 bits per heavy atom. The van der Waals surface area contributed by atoms with Crippen LogP contribution in [0.15, 0.2) is 62.7 Å². The predicted molar refractivity (Wildman–Crippen MR) is 99.6 cm³/mol. The number of pyridine rings is 1. The Hall–Kier alpha value is -2.10. The van der Waals surface area contributed by atoms with E-state index in [2.05, 4.69) is 35.8 Å². The van der Waals surface area contributed by atoms with Gasteiger partial charge in [0.05, 0.1) is 4.90 Å². The summed E-state index contributed by atoms with van der Waals surface area (Å²) < 4.78 is 34.1. The molecule has 0 spiro atoms. The summed E-state index contributed by atoms with van der Waals surface area (Å²) in [5.74, 6) is 0.469. The van der Waals surface area contributed by atoms with Crippen molar-refractivity contribution in [3.05, 3.63) is 59.2 Å². The van der Waals surface area contributed by atoms with Gasteiger partial charge < -0.3 is 4.52 Å². The van der Waals surface area contributed by atoms with Gasteiger partial charge in [0, 0.05) is 22.4 Å². The predicted octanol–water partition coefficient (Wildman–Crippen LogP) is 3.57. The number of nitrogens with zero attached hydrogens (tertiary/aromatic N) is 3. The molecule has 0 aliphatic heterocycles. The molecule has 0 aliphatic rings. The van der Waals surface area contributed by atoms with Crippen molar-refractivity contribution in [3.8, 4) is 11.4 Å². The van der Waals surface area contributed by atoms with E-state index in [-0.39, 0.29) is 16.7 Å². The van der Waals surface area contributed by atoms with Crippen LogP contribution < -0.4 is 4.72 Å². The van der Waals surface area contributed by atoms with E-state index in [0.717, 1.165) is 0 Å². The number of hydrogen-bond donors (Lipinski definition) is 1. The van der Waals surface area contributed by atoms with E-state index in [1.807, 2.05) is 13.8 Å². The molecule has 3 aromatic rings. The van der Waals surface area contributed by atoms with Crippen LogP contribution in [0.1, 0.15) is 25.8 Å². The minimum atomic E-state index is -3.75. The highest BCUT2D eigenvalue weighted by Gasteiger charge is 2.28. The summed E-state index contributed by atoms with van der Waals surface area (Å²) in [4.78, 5) is 8.52. The molecule has 0 saturated carbocycles. The first kappa shape index (κ1) is 18.7. The molecule has 1 aromatic carbocycles. The van der Waals surface area contributed by atoms with Gasteiger partial charge in [0.15, 0.2) is 0 Å². The molecule has 136 valence electrons. The third kappa shape index (κ3) is 4.17. The Kier molecular flexibility index (Phi) is 5.49. The van der Waals surface area contributed by atoms with E-state index in [4.69, 9.17) is 4.52 Å². The lowest BCUT2D eigenvalue weighted by molar-refractivity contribution is 0.311. The lowest BCUT2D eigenvalue weighted by Crippen LogP contribution is -2.32. The number of sulfonamides is 1. The summed E-state index contributed by atoms with van der Waals surface area (Å²) in [7, 11) is -3.75. The SMILES string of the molecule is CC(C)C(NS(=O)(=O)c1cccc(Br)c1)c1nc(-c2cccnc2)no1. The lowest BCUT2D eigenvalue weighted by atomic mass is 10.1. The molecule has 7 nitrogen and oxygen atoms in total. The zero-order valence-electron chi connectivity index (χ0n) is 14.1. The van der Waals surface area contributed by atoms with Gasteiger partial charge in [-0.1, -0.05) is 41.0 Å². The number of nitrogens with one attached hydrogen (secondary N) is 1. The Labute approximate surface area is 160 Å². The van der Waals surface area contributed by atoms with Crippen molar-refractivity contribution < 1.29 is 12.9 Å². The maximum Gasteiger partial charge on any atom is 0.245 e. The van der Waals surface area contributed by atoms with Gasteiger partial charge in [-0.25, -0.2) is 8.42 Å². The van der Waals surface area contributed by atoms with E-state index >= 15 is 0 Å². The Morgan fingerprint density at radius 2 is 2.00 bits per heavy atom. The second kappa shape index (κ2) is 7.65. The van der Waals surface area contributed by atoms with Gasteiger partial charge >= 0.3 is 0 Å². The largest absolute Gasteiger partial charge is 0.337 e. The van der Waals surface area contributed by atoms with Gasteiger partial charge in [-0.05, 0) is 36.2 Å². The number of halogens is 1. The third-order valence-corrected chi connectivity index (χ3v) is 5.61. The molecule has 0 fully saturated rings. The zero-order valence-corrected chi connectivity index (χ0v) is 16.5. The molecule has 1 unspecified atom stereocenters. The fourth-order valence-electron chi connectivity index (χ4n) is 2.31. The molecule has 2 aromatic heterocycles. The molecule has 0 amide bonds. The maximum atomic E-state index is 12.7. The number of hydrogen-bond acceptors (Lipinski definition) is 6. The molecular formula is C17H17BrN4O3S. The summed E-state index contributed by atoms with van der Waals surface area (Å²) in [6.45, 7) is 3.75. The van der Waals surface area contributed by atoms with Crippen LogP contribution in [0.3, 0.4) is 0 Å². The lowest BCUT2D eigenvalue weighted by Gasteiger charge is -2.18. The van der Waals surface area contributed by atoms with Crippen molar-refractivity contribution in [2.24, 2.45) is 5.92 Å². The first-order valence-corrected chi connectivity index (χ1v) is 10.2. The molecule has 26 heavy (non-hydrogen) atoms. The monoisotopic (exact) mass is 436 g/mol. The van der Waals surface area contributed by atoms with Gasteiger partial charge in [-0.15, -0.1) is 0 Å². The van der Waals surface area contributed by atoms with E-state index in [1.54, 1.807) is 36.7 Å². The van der Waals surface area contributed by atoms with Crippen molar-refractivity contribution >= 4 is 26.0 Å². The van der Waals surface area contributed by atoms with Crippen LogP contribution in [0.4, 0.5) is 0 Å². The second-order valence-electron chi connectivity index (χ2n) is 6.00. The number of benzene rings is 1. The van der Waals surface area contributed by atoms with E-state index < -0.39 is 16.1 Å². The number of aromatic nitrogens is 3. The molecule has 2 heterocycles. The fourth-order valence-corrected chi connectivity index (χ4v) is 4.25. The van der Waals surface area contributed by atoms with Crippen LogP contribution in [-0.4, -0.2) is 23.5 Å². The van der Waals surface area contributed by atoms with Crippen molar-refractivity contribution in [2.75, 3.05) is 0 Å². The molecule has 3 rings (SSSR count). The highest BCUT2D eigenvalue weighted by molar-refractivity contribution is 9.10. The smallest absolute Gasteiger partial charge is 0.245 e. The quantitative estimate of drug-likeness (QED) is 0.633. The van der Waals surface area contributed by atoms with Crippen LogP contribution in [0.25, 0.3) is 11.4 Å². The molecule has 0 aliphatic carbocycles. The standard InChI is InChI=1S/C17H17BrN4O3S/c1-11(2)15(22-26(23,24)14-7-3-6-13(18)9-14)17-20-16(21-25-17)12-5-4-8-19-10-12/h3-11,15,22H,1-2H3. The Bertz CT molecular complexity index is 990. The van der Waals surface area contributed by atoms with Crippen molar-refractivity contribution in [1.29, 1.82) is 0 Å². The van der Waals surface area contributed by atoms with Crippen LogP contribution in [0, 0.1) is 5.92 Å². The molecular weight excluding hydrogens is 420 g/mol. The molecule has 0 radical (unpaired) electrons. The third-order valence-electron chi connectivity index (χ3n) is 3.68. The molecule has 0 bridgehead atoms. The van der Waals surface area contributed by atoms with E-state index in [0.29, 0.717) is 15.9 Å². The van der Waals surface area contributed by atoms with Gasteiger partial charge in [0.1, 0.15) is 6.04 Å². The Balaban J connectivity index is 1.90. The molecule has 9 heteroatoms. The van der Waals surface area contributed by atoms with Gasteiger partial charge in [-0.3, -0.25) is 4.98 Å². The van der Waals surface area contributed by atoms with Gasteiger partial charge in [0.2, 0.25) is 21.7 Å².